The first kappa shape index (κ1) is 12.3. The summed E-state index contributed by atoms with van der Waals surface area (Å²) in [6.07, 6.45) is 1.79. The van der Waals surface area contributed by atoms with E-state index in [9.17, 15) is 0 Å². The Bertz CT molecular complexity index is 591. The van der Waals surface area contributed by atoms with Crippen LogP contribution in [0.5, 0.6) is 0 Å². The molecule has 0 N–H and O–H groups in total. The molecule has 0 fully saturated rings. The molecule has 1 heterocycles. The maximum atomic E-state index is 9.13. The maximum Gasteiger partial charge on any atom is 0.136 e. The van der Waals surface area contributed by atoms with Gasteiger partial charge in [0.2, 0.25) is 0 Å². The molecule has 1 aromatic carbocycles. The summed E-state index contributed by atoms with van der Waals surface area (Å²) in [7, 11) is 3.78. The largest absolute Gasteiger partial charge is 0.382 e. The van der Waals surface area contributed by atoms with Gasteiger partial charge in [-0.1, -0.05) is 30.3 Å². The van der Waals surface area contributed by atoms with Gasteiger partial charge >= 0.3 is 0 Å². The van der Waals surface area contributed by atoms with E-state index in [-0.39, 0.29) is 0 Å². The van der Waals surface area contributed by atoms with E-state index in [4.69, 9.17) is 5.26 Å². The van der Waals surface area contributed by atoms with Crippen LogP contribution in [-0.4, -0.2) is 24.0 Å². The summed E-state index contributed by atoms with van der Waals surface area (Å²) in [6.45, 7) is 0. The van der Waals surface area contributed by atoms with E-state index in [1.54, 1.807) is 6.20 Å². The monoisotopic (exact) mass is 255 g/mol. The van der Waals surface area contributed by atoms with Crippen molar-refractivity contribution in [3.63, 3.8) is 0 Å². The van der Waals surface area contributed by atoms with Crippen LogP contribution >= 0.6 is 11.3 Å². The van der Waals surface area contributed by atoms with E-state index >= 15 is 0 Å². The normalized spacial score (nSPS) is 11.1. The predicted molar refractivity (Wildman–Crippen MR) is 74.8 cm³/mol. The van der Waals surface area contributed by atoms with Gasteiger partial charge in [-0.3, -0.25) is 0 Å². The van der Waals surface area contributed by atoms with Crippen molar-refractivity contribution in [1.29, 1.82) is 5.26 Å². The number of rotatable bonds is 3. The fraction of sp³-hybridized carbons (Fsp3) is 0.143. The average molecular weight is 255 g/mol. The molecule has 0 unspecified atom stereocenters. The lowest BCUT2D eigenvalue weighted by atomic mass is 10.2. The number of aromatic nitrogens is 1. The second-order valence-corrected chi connectivity index (χ2v) is 4.88. The Morgan fingerprint density at radius 3 is 2.67 bits per heavy atom. The first-order valence-corrected chi connectivity index (χ1v) is 6.38. The van der Waals surface area contributed by atoms with Crippen LogP contribution in [0.3, 0.4) is 0 Å². The van der Waals surface area contributed by atoms with E-state index in [2.05, 4.69) is 11.1 Å². The van der Waals surface area contributed by atoms with Crippen LogP contribution < -0.4 is 0 Å². The molecular formula is C14H13N3S. The summed E-state index contributed by atoms with van der Waals surface area (Å²) in [6, 6.07) is 12.1. The number of hydrogen-bond acceptors (Lipinski definition) is 4. The van der Waals surface area contributed by atoms with Crippen LogP contribution in [0.15, 0.2) is 41.9 Å². The van der Waals surface area contributed by atoms with Gasteiger partial charge in [0.15, 0.2) is 0 Å². The molecule has 0 aliphatic carbocycles. The number of hydrogen-bond donors (Lipinski definition) is 0. The molecule has 2 rings (SSSR count). The minimum Gasteiger partial charge on any atom is -0.382 e. The van der Waals surface area contributed by atoms with Gasteiger partial charge in [-0.15, -0.1) is 11.3 Å². The zero-order chi connectivity index (χ0) is 13.0. The summed E-state index contributed by atoms with van der Waals surface area (Å²) < 4.78 is 0. The van der Waals surface area contributed by atoms with Crippen molar-refractivity contribution in [3.05, 3.63) is 46.9 Å². The Labute approximate surface area is 111 Å². The van der Waals surface area contributed by atoms with Crippen LogP contribution in [0.2, 0.25) is 0 Å². The first-order valence-electron chi connectivity index (χ1n) is 5.50. The summed E-state index contributed by atoms with van der Waals surface area (Å²) in [5.41, 5.74) is 2.57. The molecule has 1 aromatic heterocycles. The Balaban J connectivity index is 2.34. The molecule has 0 saturated heterocycles. The SMILES string of the molecule is CN(C)/C=C(/C#N)c1nc(-c2ccccc2)cs1. The smallest absolute Gasteiger partial charge is 0.136 e. The van der Waals surface area contributed by atoms with Crippen LogP contribution in [0.4, 0.5) is 0 Å². The number of benzene rings is 1. The molecule has 0 aliphatic rings. The number of nitriles is 1. The maximum absolute atomic E-state index is 9.13. The summed E-state index contributed by atoms with van der Waals surface area (Å²) >= 11 is 1.49. The molecule has 0 atom stereocenters. The van der Waals surface area contributed by atoms with Crippen molar-refractivity contribution < 1.29 is 0 Å². The molecule has 0 aliphatic heterocycles. The fourth-order valence-electron chi connectivity index (χ4n) is 1.53. The Morgan fingerprint density at radius 2 is 2.06 bits per heavy atom. The summed E-state index contributed by atoms with van der Waals surface area (Å²) in [5.74, 6) is 0. The van der Waals surface area contributed by atoms with E-state index < -0.39 is 0 Å². The standard InChI is InChI=1S/C14H13N3S/c1-17(2)9-12(8-15)14-16-13(10-18-14)11-6-4-3-5-7-11/h3-7,9-10H,1-2H3/b12-9-. The predicted octanol–water partition coefficient (Wildman–Crippen LogP) is 3.24. The zero-order valence-corrected chi connectivity index (χ0v) is 11.1. The van der Waals surface area contributed by atoms with Crippen molar-refractivity contribution >= 4 is 16.9 Å². The third kappa shape index (κ3) is 2.76. The molecule has 0 bridgehead atoms. The third-order valence-electron chi connectivity index (χ3n) is 2.31. The first-order chi connectivity index (χ1) is 8.70. The Morgan fingerprint density at radius 1 is 1.33 bits per heavy atom. The van der Waals surface area contributed by atoms with E-state index in [0.717, 1.165) is 16.3 Å². The van der Waals surface area contributed by atoms with E-state index in [1.165, 1.54) is 11.3 Å². The lowest BCUT2D eigenvalue weighted by molar-refractivity contribution is 0.566. The molecule has 0 saturated carbocycles. The van der Waals surface area contributed by atoms with Gasteiger partial charge in [0.1, 0.15) is 16.6 Å². The number of thiazole rings is 1. The zero-order valence-electron chi connectivity index (χ0n) is 10.3. The highest BCUT2D eigenvalue weighted by molar-refractivity contribution is 7.11. The van der Waals surface area contributed by atoms with Gasteiger partial charge in [-0.25, -0.2) is 4.98 Å². The summed E-state index contributed by atoms with van der Waals surface area (Å²) in [5, 5.41) is 11.9. The van der Waals surface area contributed by atoms with Gasteiger partial charge in [0, 0.05) is 31.2 Å². The highest BCUT2D eigenvalue weighted by Crippen LogP contribution is 2.25. The van der Waals surface area contributed by atoms with Crippen LogP contribution in [0.1, 0.15) is 5.01 Å². The minimum atomic E-state index is 0.590. The van der Waals surface area contributed by atoms with Crippen molar-refractivity contribution in [2.45, 2.75) is 0 Å². The molecule has 3 nitrogen and oxygen atoms in total. The van der Waals surface area contributed by atoms with E-state index in [0.29, 0.717) is 5.57 Å². The van der Waals surface area contributed by atoms with Gasteiger partial charge in [0.25, 0.3) is 0 Å². The number of nitrogens with zero attached hydrogens (tertiary/aromatic N) is 3. The van der Waals surface area contributed by atoms with Gasteiger partial charge < -0.3 is 4.90 Å². The molecular weight excluding hydrogens is 242 g/mol. The lowest BCUT2D eigenvalue weighted by Crippen LogP contribution is -2.02. The second kappa shape index (κ2) is 5.48. The van der Waals surface area contributed by atoms with Crippen molar-refractivity contribution in [3.8, 4) is 17.3 Å². The average Bonchev–Trinajstić information content (AvgIpc) is 2.86. The van der Waals surface area contributed by atoms with Crippen LogP contribution in [-0.2, 0) is 0 Å². The molecule has 4 heteroatoms. The topological polar surface area (TPSA) is 39.9 Å². The quantitative estimate of drug-likeness (QED) is 0.790. The van der Waals surface area contributed by atoms with E-state index in [1.807, 2.05) is 54.7 Å². The van der Waals surface area contributed by atoms with Crippen LogP contribution in [0, 0.1) is 11.3 Å². The van der Waals surface area contributed by atoms with Gasteiger partial charge in [-0.2, -0.15) is 5.26 Å². The molecule has 2 aromatic rings. The molecule has 0 radical (unpaired) electrons. The van der Waals surface area contributed by atoms with Crippen LogP contribution in [0.25, 0.3) is 16.8 Å². The highest BCUT2D eigenvalue weighted by atomic mass is 32.1. The van der Waals surface area contributed by atoms with Crippen molar-refractivity contribution in [1.82, 2.24) is 9.88 Å². The fourth-order valence-corrected chi connectivity index (χ4v) is 2.32. The number of allylic oxidation sites excluding steroid dienone is 1. The van der Waals surface area contributed by atoms with Crippen molar-refractivity contribution in [2.75, 3.05) is 14.1 Å². The highest BCUT2D eigenvalue weighted by Gasteiger charge is 2.08. The Kier molecular flexibility index (Phi) is 3.75. The molecule has 90 valence electrons. The Hall–Kier alpha value is -2.12. The lowest BCUT2D eigenvalue weighted by Gasteiger charge is -2.04. The van der Waals surface area contributed by atoms with Gasteiger partial charge in [0.05, 0.1) is 5.69 Å². The van der Waals surface area contributed by atoms with Crippen molar-refractivity contribution in [2.24, 2.45) is 0 Å². The molecule has 18 heavy (non-hydrogen) atoms. The molecule has 0 spiro atoms. The summed E-state index contributed by atoms with van der Waals surface area (Å²) in [4.78, 5) is 6.36. The second-order valence-electron chi connectivity index (χ2n) is 4.02. The molecule has 0 amide bonds. The minimum absolute atomic E-state index is 0.590. The third-order valence-corrected chi connectivity index (χ3v) is 3.19. The van der Waals surface area contributed by atoms with Gasteiger partial charge in [-0.05, 0) is 0 Å².